The van der Waals surface area contributed by atoms with Crippen molar-refractivity contribution in [3.63, 3.8) is 0 Å². The van der Waals surface area contributed by atoms with E-state index < -0.39 is 0 Å². The van der Waals surface area contributed by atoms with Crippen LogP contribution in [0.1, 0.15) is 30.5 Å². The van der Waals surface area contributed by atoms with Crippen LogP contribution >= 0.6 is 0 Å². The lowest BCUT2D eigenvalue weighted by Gasteiger charge is -2.05. The van der Waals surface area contributed by atoms with E-state index in [9.17, 15) is 0 Å². The van der Waals surface area contributed by atoms with Crippen LogP contribution in [0, 0.1) is 22.7 Å². The minimum atomic E-state index is 0.185. The summed E-state index contributed by atoms with van der Waals surface area (Å²) in [6.07, 6.45) is 2.13. The van der Waals surface area contributed by atoms with E-state index in [1.165, 1.54) is 0 Å². The molecule has 0 N–H and O–H groups in total. The fraction of sp³-hybridized carbons (Fsp3) is 0.300. The molecule has 0 saturated carbocycles. The van der Waals surface area contributed by atoms with E-state index in [1.807, 2.05) is 19.1 Å². The molecular weight excluding hydrogens is 162 g/mol. The van der Waals surface area contributed by atoms with Gasteiger partial charge in [0.05, 0.1) is 6.07 Å². The van der Waals surface area contributed by atoms with Gasteiger partial charge in [-0.25, -0.2) is 4.98 Å². The highest BCUT2D eigenvalue weighted by Gasteiger charge is 2.04. The second kappa shape index (κ2) is 4.23. The molecule has 3 heteroatoms. The summed E-state index contributed by atoms with van der Waals surface area (Å²) in [7, 11) is 0. The maximum absolute atomic E-state index is 8.51. The van der Waals surface area contributed by atoms with Gasteiger partial charge in [-0.3, -0.25) is 0 Å². The molecule has 0 amide bonds. The predicted molar refractivity (Wildman–Crippen MR) is 47.6 cm³/mol. The van der Waals surface area contributed by atoms with Crippen molar-refractivity contribution in [1.82, 2.24) is 4.98 Å². The molecule has 1 atom stereocenters. The highest BCUT2D eigenvalue weighted by Crippen LogP contribution is 2.16. The number of aromatic nitrogens is 1. The van der Waals surface area contributed by atoms with Crippen LogP contribution in [-0.2, 0) is 0 Å². The summed E-state index contributed by atoms with van der Waals surface area (Å²) >= 11 is 0. The molecule has 1 unspecified atom stereocenters. The van der Waals surface area contributed by atoms with Crippen LogP contribution in [0.5, 0.6) is 0 Å². The van der Waals surface area contributed by atoms with Gasteiger partial charge in [-0.2, -0.15) is 10.5 Å². The van der Waals surface area contributed by atoms with E-state index in [0.29, 0.717) is 12.1 Å². The fourth-order valence-electron chi connectivity index (χ4n) is 1.02. The number of nitrogens with zero attached hydrogens (tertiary/aromatic N) is 3. The van der Waals surface area contributed by atoms with Crippen LogP contribution in [-0.4, -0.2) is 4.98 Å². The summed E-state index contributed by atoms with van der Waals surface area (Å²) in [5, 5.41) is 17.0. The standard InChI is InChI=1S/C10H9N3/c1-8(4-5-11)9-2-3-10(6-12)13-7-9/h2-3,7-8H,4H2,1H3. The molecule has 1 aromatic rings. The molecule has 0 bridgehead atoms. The fourth-order valence-corrected chi connectivity index (χ4v) is 1.02. The van der Waals surface area contributed by atoms with Gasteiger partial charge in [0.1, 0.15) is 11.8 Å². The van der Waals surface area contributed by atoms with Gasteiger partial charge >= 0.3 is 0 Å². The maximum Gasteiger partial charge on any atom is 0.140 e. The zero-order chi connectivity index (χ0) is 9.68. The van der Waals surface area contributed by atoms with E-state index in [0.717, 1.165) is 5.56 Å². The van der Waals surface area contributed by atoms with Crippen LogP contribution in [0.15, 0.2) is 18.3 Å². The molecule has 0 aromatic carbocycles. The third-order valence-electron chi connectivity index (χ3n) is 1.87. The predicted octanol–water partition coefficient (Wildman–Crippen LogP) is 1.97. The smallest absolute Gasteiger partial charge is 0.140 e. The maximum atomic E-state index is 8.51. The first kappa shape index (κ1) is 9.22. The lowest BCUT2D eigenvalue weighted by atomic mass is 10.0. The molecule has 0 aliphatic carbocycles. The average Bonchev–Trinajstić information content (AvgIpc) is 2.18. The van der Waals surface area contributed by atoms with Crippen molar-refractivity contribution in [1.29, 1.82) is 10.5 Å². The van der Waals surface area contributed by atoms with E-state index in [1.54, 1.807) is 12.3 Å². The molecule has 0 aliphatic rings. The first-order chi connectivity index (χ1) is 6.27. The lowest BCUT2D eigenvalue weighted by molar-refractivity contribution is 0.783. The van der Waals surface area contributed by atoms with Gasteiger partial charge in [-0.15, -0.1) is 0 Å². The normalized spacial score (nSPS) is 11.3. The Bertz CT molecular complexity index is 353. The van der Waals surface area contributed by atoms with Crippen molar-refractivity contribution in [3.05, 3.63) is 29.6 Å². The highest BCUT2D eigenvalue weighted by molar-refractivity contribution is 5.25. The third kappa shape index (κ3) is 2.28. The van der Waals surface area contributed by atoms with Crippen molar-refractivity contribution in [3.8, 4) is 12.1 Å². The molecule has 0 fully saturated rings. The Morgan fingerprint density at radius 1 is 1.46 bits per heavy atom. The first-order valence-electron chi connectivity index (χ1n) is 4.01. The van der Waals surface area contributed by atoms with Crippen LogP contribution in [0.3, 0.4) is 0 Å². The highest BCUT2D eigenvalue weighted by atomic mass is 14.7. The minimum absolute atomic E-state index is 0.185. The summed E-state index contributed by atoms with van der Waals surface area (Å²) in [5.74, 6) is 0.185. The molecule has 1 heterocycles. The first-order valence-corrected chi connectivity index (χ1v) is 4.01. The number of nitriles is 2. The molecule has 1 aromatic heterocycles. The van der Waals surface area contributed by atoms with Crippen molar-refractivity contribution >= 4 is 0 Å². The van der Waals surface area contributed by atoms with Crippen molar-refractivity contribution < 1.29 is 0 Å². The van der Waals surface area contributed by atoms with E-state index >= 15 is 0 Å². The summed E-state index contributed by atoms with van der Waals surface area (Å²) < 4.78 is 0. The second-order valence-corrected chi connectivity index (χ2v) is 2.85. The SMILES string of the molecule is CC(CC#N)c1ccc(C#N)nc1. The van der Waals surface area contributed by atoms with Crippen LogP contribution in [0.2, 0.25) is 0 Å². The van der Waals surface area contributed by atoms with Gasteiger partial charge < -0.3 is 0 Å². The van der Waals surface area contributed by atoms with Gasteiger partial charge in [0.15, 0.2) is 0 Å². The molecular formula is C10H9N3. The van der Waals surface area contributed by atoms with Gasteiger partial charge in [0.2, 0.25) is 0 Å². The zero-order valence-electron chi connectivity index (χ0n) is 7.36. The van der Waals surface area contributed by atoms with Crippen LogP contribution < -0.4 is 0 Å². The number of hydrogen-bond donors (Lipinski definition) is 0. The number of pyridine rings is 1. The van der Waals surface area contributed by atoms with Crippen molar-refractivity contribution in [2.75, 3.05) is 0 Å². The lowest BCUT2D eigenvalue weighted by Crippen LogP contribution is -1.93. The molecule has 3 nitrogen and oxygen atoms in total. The second-order valence-electron chi connectivity index (χ2n) is 2.85. The molecule has 13 heavy (non-hydrogen) atoms. The summed E-state index contributed by atoms with van der Waals surface area (Å²) in [4.78, 5) is 3.93. The summed E-state index contributed by atoms with van der Waals surface area (Å²) in [6, 6.07) is 7.56. The van der Waals surface area contributed by atoms with Gasteiger partial charge in [-0.1, -0.05) is 13.0 Å². The Hall–Kier alpha value is -1.87. The molecule has 0 spiro atoms. The molecule has 0 aliphatic heterocycles. The quantitative estimate of drug-likeness (QED) is 0.683. The average molecular weight is 171 g/mol. The monoisotopic (exact) mass is 171 g/mol. The number of hydrogen-bond acceptors (Lipinski definition) is 3. The van der Waals surface area contributed by atoms with E-state index in [-0.39, 0.29) is 5.92 Å². The summed E-state index contributed by atoms with van der Waals surface area (Å²) in [5.41, 5.74) is 1.41. The van der Waals surface area contributed by atoms with Gasteiger partial charge in [0.25, 0.3) is 0 Å². The Labute approximate surface area is 77.3 Å². The molecule has 0 saturated heterocycles. The Morgan fingerprint density at radius 3 is 2.69 bits per heavy atom. The van der Waals surface area contributed by atoms with Crippen molar-refractivity contribution in [2.45, 2.75) is 19.3 Å². The van der Waals surface area contributed by atoms with E-state index in [4.69, 9.17) is 10.5 Å². The van der Waals surface area contributed by atoms with Crippen LogP contribution in [0.4, 0.5) is 0 Å². The topological polar surface area (TPSA) is 60.5 Å². The molecule has 0 radical (unpaired) electrons. The Balaban J connectivity index is 2.82. The van der Waals surface area contributed by atoms with Gasteiger partial charge in [0, 0.05) is 12.6 Å². The van der Waals surface area contributed by atoms with Crippen molar-refractivity contribution in [2.24, 2.45) is 0 Å². The Morgan fingerprint density at radius 2 is 2.23 bits per heavy atom. The molecule has 64 valence electrons. The minimum Gasteiger partial charge on any atom is -0.245 e. The van der Waals surface area contributed by atoms with Gasteiger partial charge in [-0.05, 0) is 17.5 Å². The van der Waals surface area contributed by atoms with Crippen LogP contribution in [0.25, 0.3) is 0 Å². The largest absolute Gasteiger partial charge is 0.245 e. The molecule has 1 rings (SSSR count). The Kier molecular flexibility index (Phi) is 3.00. The third-order valence-corrected chi connectivity index (χ3v) is 1.87. The van der Waals surface area contributed by atoms with E-state index in [2.05, 4.69) is 11.1 Å². The summed E-state index contributed by atoms with van der Waals surface area (Å²) in [6.45, 7) is 1.96. The zero-order valence-corrected chi connectivity index (χ0v) is 7.36. The number of rotatable bonds is 2.